The highest BCUT2D eigenvalue weighted by molar-refractivity contribution is 6.42. The number of hydrogen-bond donors (Lipinski definition) is 0. The second kappa shape index (κ2) is 8.06. The molecule has 33 heavy (non-hydrogen) atoms. The van der Waals surface area contributed by atoms with E-state index in [-0.39, 0.29) is 23.2 Å². The van der Waals surface area contributed by atoms with Gasteiger partial charge < -0.3 is 0 Å². The van der Waals surface area contributed by atoms with E-state index in [2.05, 4.69) is 18.0 Å². The number of hydrogen-bond acceptors (Lipinski definition) is 5. The Morgan fingerprint density at radius 3 is 2.55 bits per heavy atom. The van der Waals surface area contributed by atoms with Crippen molar-refractivity contribution in [2.24, 2.45) is 11.8 Å². The van der Waals surface area contributed by atoms with Gasteiger partial charge >= 0.3 is 0 Å². The predicted octanol–water partition coefficient (Wildman–Crippen LogP) is 6.00. The number of aromatic nitrogens is 3. The first-order chi connectivity index (χ1) is 15.8. The Kier molecular flexibility index (Phi) is 5.31. The Labute approximate surface area is 202 Å². The molecule has 7 heteroatoms. The van der Waals surface area contributed by atoms with Gasteiger partial charge in [0.2, 0.25) is 0 Å². The van der Waals surface area contributed by atoms with Crippen LogP contribution in [0.1, 0.15) is 31.5 Å². The average molecular weight is 475 g/mol. The van der Waals surface area contributed by atoms with Crippen LogP contribution in [0.2, 0.25) is 10.0 Å². The smallest absolute Gasteiger partial charge is 0.176 e. The number of carbonyl (C=O) groups is 1. The number of ketones is 1. The quantitative estimate of drug-likeness (QED) is 0.454. The van der Waals surface area contributed by atoms with Gasteiger partial charge in [-0.25, -0.2) is 9.97 Å². The van der Waals surface area contributed by atoms with Crippen molar-refractivity contribution >= 4 is 29.0 Å². The van der Waals surface area contributed by atoms with Crippen LogP contribution in [0.4, 0.5) is 0 Å². The second-order valence-corrected chi connectivity index (χ2v) is 9.65. The minimum Gasteiger partial charge on any atom is -0.293 e. The summed E-state index contributed by atoms with van der Waals surface area (Å²) in [5.74, 6) is 0.277. The number of pyridine rings is 1. The Balaban J connectivity index is 1.82. The first-order valence-corrected chi connectivity index (χ1v) is 11.5. The van der Waals surface area contributed by atoms with Gasteiger partial charge in [-0.15, -0.1) is 0 Å². The van der Waals surface area contributed by atoms with Gasteiger partial charge in [0.15, 0.2) is 11.6 Å². The molecule has 0 N–H and O–H groups in total. The van der Waals surface area contributed by atoms with Gasteiger partial charge in [0, 0.05) is 40.4 Å². The van der Waals surface area contributed by atoms with Crippen LogP contribution in [0.15, 0.2) is 54.4 Å². The summed E-state index contributed by atoms with van der Waals surface area (Å²) >= 11 is 12.5. The van der Waals surface area contributed by atoms with Crippen LogP contribution in [0.25, 0.3) is 22.6 Å². The number of carbonyl (C=O) groups excluding carboxylic acids is 1. The fourth-order valence-corrected chi connectivity index (χ4v) is 5.58. The van der Waals surface area contributed by atoms with E-state index in [1.165, 1.54) is 0 Å². The van der Waals surface area contributed by atoms with Crippen LogP contribution in [0, 0.1) is 23.2 Å². The van der Waals surface area contributed by atoms with E-state index in [1.807, 2.05) is 37.3 Å². The lowest BCUT2D eigenvalue weighted by atomic mass is 9.57. The van der Waals surface area contributed by atoms with Crippen LogP contribution in [0.5, 0.6) is 0 Å². The molecule has 2 aromatic heterocycles. The van der Waals surface area contributed by atoms with Crippen LogP contribution < -0.4 is 0 Å². The van der Waals surface area contributed by atoms with Crippen molar-refractivity contribution in [1.29, 1.82) is 5.26 Å². The monoisotopic (exact) mass is 474 g/mol. The molecule has 0 amide bonds. The molecule has 0 spiro atoms. The third-order valence-electron chi connectivity index (χ3n) is 6.97. The lowest BCUT2D eigenvalue weighted by molar-refractivity contribution is -0.121. The van der Waals surface area contributed by atoms with E-state index in [0.717, 1.165) is 40.9 Å². The van der Waals surface area contributed by atoms with Crippen LogP contribution >= 0.6 is 23.2 Å². The molecule has 0 radical (unpaired) electrons. The molecule has 0 saturated carbocycles. The van der Waals surface area contributed by atoms with Gasteiger partial charge in [-0.1, -0.05) is 49.2 Å². The third kappa shape index (κ3) is 3.45. The molecule has 164 valence electrons. The molecule has 5 nitrogen and oxygen atoms in total. The molecule has 0 fully saturated rings. The summed E-state index contributed by atoms with van der Waals surface area (Å²) < 4.78 is 0. The number of nitriles is 1. The van der Waals surface area contributed by atoms with E-state index in [4.69, 9.17) is 33.2 Å². The normalized spacial score (nSPS) is 23.8. The Hall–Kier alpha value is -3.07. The average Bonchev–Trinajstić information content (AvgIpc) is 2.83. The van der Waals surface area contributed by atoms with Gasteiger partial charge in [-0.3, -0.25) is 9.78 Å². The summed E-state index contributed by atoms with van der Waals surface area (Å²) in [5.41, 5.74) is 3.99. The van der Waals surface area contributed by atoms with Crippen molar-refractivity contribution in [3.05, 3.63) is 75.7 Å². The van der Waals surface area contributed by atoms with Crippen LogP contribution in [0.3, 0.4) is 0 Å². The van der Waals surface area contributed by atoms with Crippen molar-refractivity contribution in [2.45, 2.75) is 32.1 Å². The molecule has 5 rings (SSSR count). The number of allylic oxidation sites excluding steroid dienone is 2. The van der Waals surface area contributed by atoms with Gasteiger partial charge in [0.1, 0.15) is 6.07 Å². The first kappa shape index (κ1) is 21.8. The molecule has 0 saturated heterocycles. The zero-order chi connectivity index (χ0) is 23.3. The Morgan fingerprint density at radius 2 is 1.85 bits per heavy atom. The molecule has 0 aliphatic heterocycles. The number of nitrogens with zero attached hydrogens (tertiary/aromatic N) is 4. The molecule has 2 aliphatic carbocycles. The Bertz CT molecular complexity index is 1360. The van der Waals surface area contributed by atoms with Gasteiger partial charge in [0.25, 0.3) is 0 Å². The van der Waals surface area contributed by atoms with Crippen LogP contribution in [-0.2, 0) is 16.6 Å². The number of Topliss-reactive ketones (excluding diaryl/α,β-unsaturated/α-hetero) is 1. The molecule has 2 aliphatic rings. The summed E-state index contributed by atoms with van der Waals surface area (Å²) in [5, 5.41) is 10.6. The molecule has 2 heterocycles. The maximum atomic E-state index is 12.8. The SMILES string of the molecule is CC1C(=O)C(C#N)=C[C@@]2(C)c3nc(-c4ccncc4)nc(-c4ccc(Cl)c(Cl)c4)c3CCC12. The maximum absolute atomic E-state index is 12.8. The van der Waals surface area contributed by atoms with Crippen molar-refractivity contribution in [2.75, 3.05) is 0 Å². The highest BCUT2D eigenvalue weighted by Crippen LogP contribution is 2.51. The van der Waals surface area contributed by atoms with Crippen LogP contribution in [-0.4, -0.2) is 20.7 Å². The number of benzene rings is 1. The molecule has 3 atom stereocenters. The lowest BCUT2D eigenvalue weighted by Crippen LogP contribution is -2.46. The minimum atomic E-state index is -0.568. The lowest BCUT2D eigenvalue weighted by Gasteiger charge is -2.45. The number of rotatable bonds is 2. The summed E-state index contributed by atoms with van der Waals surface area (Å²) in [7, 11) is 0. The third-order valence-corrected chi connectivity index (χ3v) is 7.71. The van der Waals surface area contributed by atoms with Gasteiger partial charge in [-0.05, 0) is 43.0 Å². The van der Waals surface area contributed by atoms with Crippen molar-refractivity contribution in [3.63, 3.8) is 0 Å². The maximum Gasteiger partial charge on any atom is 0.176 e. The zero-order valence-electron chi connectivity index (χ0n) is 18.1. The van der Waals surface area contributed by atoms with E-state index < -0.39 is 5.41 Å². The second-order valence-electron chi connectivity index (χ2n) is 8.84. The minimum absolute atomic E-state index is 0.0523. The van der Waals surface area contributed by atoms with Crippen molar-refractivity contribution in [1.82, 2.24) is 15.0 Å². The fraction of sp³-hybridized carbons (Fsp3) is 0.269. The van der Waals surface area contributed by atoms with E-state index in [0.29, 0.717) is 15.9 Å². The Morgan fingerprint density at radius 1 is 1.09 bits per heavy atom. The highest BCUT2D eigenvalue weighted by Gasteiger charge is 2.49. The summed E-state index contributed by atoms with van der Waals surface area (Å²) in [6.07, 6.45) is 6.76. The fourth-order valence-electron chi connectivity index (χ4n) is 5.28. The standard InChI is InChI=1S/C26H20Cl2N4O/c1-14-19-5-4-18-22(16-3-6-20(27)21(28)11-16)31-25(15-7-9-30-10-8-15)32-24(18)26(19,2)12-17(13-29)23(14)33/h3,6-12,14,19H,4-5H2,1-2H3/t14?,19?,26-/m1/s1. The molecular formula is C26H20Cl2N4O. The zero-order valence-corrected chi connectivity index (χ0v) is 19.7. The predicted molar refractivity (Wildman–Crippen MR) is 128 cm³/mol. The van der Waals surface area contributed by atoms with E-state index in [9.17, 15) is 10.1 Å². The van der Waals surface area contributed by atoms with E-state index in [1.54, 1.807) is 18.5 Å². The number of fused-ring (bicyclic) bond motifs is 3. The summed E-state index contributed by atoms with van der Waals surface area (Å²) in [4.78, 5) is 26.8. The summed E-state index contributed by atoms with van der Waals surface area (Å²) in [6.45, 7) is 4.00. The first-order valence-electron chi connectivity index (χ1n) is 10.8. The van der Waals surface area contributed by atoms with Crippen molar-refractivity contribution in [3.8, 4) is 28.7 Å². The molecule has 2 unspecified atom stereocenters. The topological polar surface area (TPSA) is 79.5 Å². The molecule has 1 aromatic carbocycles. The van der Waals surface area contributed by atoms with Crippen molar-refractivity contribution < 1.29 is 4.79 Å². The molecule has 0 bridgehead atoms. The number of halogens is 2. The summed E-state index contributed by atoms with van der Waals surface area (Å²) in [6, 6.07) is 11.3. The van der Waals surface area contributed by atoms with E-state index >= 15 is 0 Å². The van der Waals surface area contributed by atoms with Gasteiger partial charge in [0.05, 0.1) is 27.0 Å². The molecular weight excluding hydrogens is 455 g/mol. The highest BCUT2D eigenvalue weighted by atomic mass is 35.5. The largest absolute Gasteiger partial charge is 0.293 e. The van der Waals surface area contributed by atoms with Gasteiger partial charge in [-0.2, -0.15) is 5.26 Å². The molecule has 3 aromatic rings.